The van der Waals surface area contributed by atoms with Crippen LogP contribution in [0.2, 0.25) is 0 Å². The molecule has 0 atom stereocenters. The molecule has 2 aromatic rings. The number of carbonyl (C=O) groups excluding carboxylic acids is 1. The Morgan fingerprint density at radius 1 is 0.909 bits per heavy atom. The summed E-state index contributed by atoms with van der Waals surface area (Å²) in [6.45, 7) is 9.69. The molecule has 0 spiro atoms. The molecule has 0 aliphatic carbocycles. The van der Waals surface area contributed by atoms with Gasteiger partial charge in [-0.3, -0.25) is 4.79 Å². The summed E-state index contributed by atoms with van der Waals surface area (Å²) in [4.78, 5) is 12.7. The summed E-state index contributed by atoms with van der Waals surface area (Å²) < 4.78 is 0. The summed E-state index contributed by atoms with van der Waals surface area (Å²) >= 11 is 0. The average molecular weight is 290 g/mol. The second-order valence-electron chi connectivity index (χ2n) is 6.06. The van der Waals surface area contributed by atoms with Gasteiger partial charge >= 0.3 is 0 Å². The smallest absolute Gasteiger partial charge is 0.165 e. The molecule has 22 heavy (non-hydrogen) atoms. The van der Waals surface area contributed by atoms with Crippen molar-refractivity contribution in [1.29, 1.82) is 0 Å². The summed E-state index contributed by atoms with van der Waals surface area (Å²) in [5.74, 6) is 0.0720. The molecular formula is C21H22O. The lowest BCUT2D eigenvalue weighted by atomic mass is 9.80. The molecule has 0 N–H and O–H groups in total. The zero-order chi connectivity index (χ0) is 16.2. The zero-order valence-corrected chi connectivity index (χ0v) is 13.5. The molecule has 0 amide bonds. The first-order valence-electron chi connectivity index (χ1n) is 7.46. The Labute approximate surface area is 133 Å². The van der Waals surface area contributed by atoms with Gasteiger partial charge in [-0.1, -0.05) is 72.8 Å². The molecule has 0 aliphatic heterocycles. The number of ketones is 1. The van der Waals surface area contributed by atoms with Crippen LogP contribution in [-0.4, -0.2) is 5.78 Å². The van der Waals surface area contributed by atoms with Crippen molar-refractivity contribution in [3.8, 4) is 0 Å². The van der Waals surface area contributed by atoms with Gasteiger partial charge in [-0.15, -0.1) is 0 Å². The molecule has 1 heteroatoms. The van der Waals surface area contributed by atoms with E-state index < -0.39 is 5.41 Å². The fourth-order valence-corrected chi connectivity index (χ4v) is 2.09. The van der Waals surface area contributed by atoms with Crippen molar-refractivity contribution in [1.82, 2.24) is 0 Å². The van der Waals surface area contributed by atoms with Crippen molar-refractivity contribution in [2.45, 2.75) is 20.8 Å². The SMILES string of the molecule is C=C(C)C(C)(C)C(=O)C=C(c1ccccc1)c1ccccc1. The Hall–Kier alpha value is -2.41. The molecule has 0 aliphatic rings. The highest BCUT2D eigenvalue weighted by Gasteiger charge is 2.27. The molecule has 2 rings (SSSR count). The Balaban J connectivity index is 2.53. The van der Waals surface area contributed by atoms with Gasteiger partial charge < -0.3 is 0 Å². The second-order valence-corrected chi connectivity index (χ2v) is 6.06. The number of hydrogen-bond donors (Lipinski definition) is 0. The van der Waals surface area contributed by atoms with Crippen LogP contribution in [0.1, 0.15) is 31.9 Å². The van der Waals surface area contributed by atoms with Crippen molar-refractivity contribution in [2.24, 2.45) is 5.41 Å². The second kappa shape index (κ2) is 6.57. The molecule has 0 heterocycles. The van der Waals surface area contributed by atoms with Gasteiger partial charge in [-0.25, -0.2) is 0 Å². The van der Waals surface area contributed by atoms with E-state index in [2.05, 4.69) is 6.58 Å². The third-order valence-corrected chi connectivity index (χ3v) is 4.13. The minimum Gasteiger partial charge on any atom is -0.294 e. The van der Waals surface area contributed by atoms with Crippen LogP contribution < -0.4 is 0 Å². The molecule has 0 fully saturated rings. The van der Waals surface area contributed by atoms with Crippen molar-refractivity contribution in [3.05, 3.63) is 90.0 Å². The molecule has 1 nitrogen and oxygen atoms in total. The average Bonchev–Trinajstić information content (AvgIpc) is 2.53. The van der Waals surface area contributed by atoms with Gasteiger partial charge in [0, 0.05) is 5.41 Å². The molecule has 0 radical (unpaired) electrons. The molecule has 0 unspecified atom stereocenters. The topological polar surface area (TPSA) is 17.1 Å². The Bertz CT molecular complexity index is 650. The molecule has 0 aromatic heterocycles. The predicted octanol–water partition coefficient (Wildman–Crippen LogP) is 5.29. The number of allylic oxidation sites excluding steroid dienone is 2. The lowest BCUT2D eigenvalue weighted by Gasteiger charge is -2.22. The minimum atomic E-state index is -0.561. The van der Waals surface area contributed by atoms with Gasteiger partial charge in [-0.05, 0) is 43.5 Å². The maximum Gasteiger partial charge on any atom is 0.165 e. The van der Waals surface area contributed by atoms with Crippen LogP contribution in [0.4, 0.5) is 0 Å². The zero-order valence-electron chi connectivity index (χ0n) is 13.5. The third-order valence-electron chi connectivity index (χ3n) is 4.13. The monoisotopic (exact) mass is 290 g/mol. The van der Waals surface area contributed by atoms with E-state index >= 15 is 0 Å². The van der Waals surface area contributed by atoms with E-state index in [9.17, 15) is 4.79 Å². The Kier molecular flexibility index (Phi) is 4.77. The molecule has 112 valence electrons. The van der Waals surface area contributed by atoms with E-state index in [1.807, 2.05) is 81.4 Å². The fourth-order valence-electron chi connectivity index (χ4n) is 2.09. The van der Waals surface area contributed by atoms with Crippen LogP contribution >= 0.6 is 0 Å². The summed E-state index contributed by atoms with van der Waals surface area (Å²) in [5, 5.41) is 0. The lowest BCUT2D eigenvalue weighted by Crippen LogP contribution is -2.23. The Morgan fingerprint density at radius 3 is 1.68 bits per heavy atom. The molecular weight excluding hydrogens is 268 g/mol. The molecule has 0 saturated heterocycles. The first-order chi connectivity index (χ1) is 10.4. The van der Waals surface area contributed by atoms with Crippen LogP contribution in [0.3, 0.4) is 0 Å². The fraction of sp³-hybridized carbons (Fsp3) is 0.190. The summed E-state index contributed by atoms with van der Waals surface area (Å²) in [7, 11) is 0. The van der Waals surface area contributed by atoms with E-state index in [1.54, 1.807) is 6.08 Å². The highest BCUT2D eigenvalue weighted by atomic mass is 16.1. The molecule has 0 saturated carbocycles. The summed E-state index contributed by atoms with van der Waals surface area (Å²) in [6.07, 6.45) is 1.75. The first-order valence-corrected chi connectivity index (χ1v) is 7.46. The standard InChI is InChI=1S/C21H22O/c1-16(2)21(3,4)20(22)15-19(17-11-7-5-8-12-17)18-13-9-6-10-14-18/h5-15H,1H2,2-4H3. The van der Waals surface area contributed by atoms with Gasteiger partial charge in [0.2, 0.25) is 0 Å². The van der Waals surface area contributed by atoms with E-state index in [-0.39, 0.29) is 5.78 Å². The number of benzene rings is 2. The van der Waals surface area contributed by atoms with Crippen molar-refractivity contribution >= 4 is 11.4 Å². The Morgan fingerprint density at radius 2 is 1.32 bits per heavy atom. The van der Waals surface area contributed by atoms with Crippen LogP contribution in [-0.2, 0) is 4.79 Å². The van der Waals surface area contributed by atoms with Gasteiger partial charge in [0.15, 0.2) is 5.78 Å². The minimum absolute atomic E-state index is 0.0720. The third kappa shape index (κ3) is 3.43. The van der Waals surface area contributed by atoms with E-state index in [1.165, 1.54) is 0 Å². The van der Waals surface area contributed by atoms with Crippen LogP contribution in [0.5, 0.6) is 0 Å². The quantitative estimate of drug-likeness (QED) is 0.540. The highest BCUT2D eigenvalue weighted by Crippen LogP contribution is 2.30. The van der Waals surface area contributed by atoms with Crippen LogP contribution in [0.25, 0.3) is 5.57 Å². The van der Waals surface area contributed by atoms with Crippen molar-refractivity contribution in [3.63, 3.8) is 0 Å². The van der Waals surface area contributed by atoms with E-state index in [0.29, 0.717) is 0 Å². The largest absolute Gasteiger partial charge is 0.294 e. The normalized spacial score (nSPS) is 10.9. The van der Waals surface area contributed by atoms with Gasteiger partial charge in [0.05, 0.1) is 0 Å². The van der Waals surface area contributed by atoms with Gasteiger partial charge in [0.1, 0.15) is 0 Å². The molecule has 2 aromatic carbocycles. The summed E-state index contributed by atoms with van der Waals surface area (Å²) in [5.41, 5.74) is 3.34. The van der Waals surface area contributed by atoms with Crippen LogP contribution in [0.15, 0.2) is 78.9 Å². The van der Waals surface area contributed by atoms with Crippen LogP contribution in [0, 0.1) is 5.41 Å². The van der Waals surface area contributed by atoms with Crippen molar-refractivity contribution in [2.75, 3.05) is 0 Å². The number of rotatable bonds is 5. The summed E-state index contributed by atoms with van der Waals surface area (Å²) in [6, 6.07) is 20.0. The molecule has 0 bridgehead atoms. The van der Waals surface area contributed by atoms with E-state index in [4.69, 9.17) is 0 Å². The predicted molar refractivity (Wildman–Crippen MR) is 93.6 cm³/mol. The maximum absolute atomic E-state index is 12.7. The number of carbonyl (C=O) groups is 1. The highest BCUT2D eigenvalue weighted by molar-refractivity contribution is 6.04. The number of hydrogen-bond acceptors (Lipinski definition) is 1. The lowest BCUT2D eigenvalue weighted by molar-refractivity contribution is -0.120. The van der Waals surface area contributed by atoms with E-state index in [0.717, 1.165) is 22.3 Å². The van der Waals surface area contributed by atoms with Gasteiger partial charge in [-0.2, -0.15) is 0 Å². The van der Waals surface area contributed by atoms with Crippen molar-refractivity contribution < 1.29 is 4.79 Å². The van der Waals surface area contributed by atoms with Gasteiger partial charge in [0.25, 0.3) is 0 Å². The first kappa shape index (κ1) is 16.0. The maximum atomic E-state index is 12.7.